The van der Waals surface area contributed by atoms with Crippen molar-refractivity contribution in [2.24, 2.45) is 0 Å². The van der Waals surface area contributed by atoms with Crippen LogP contribution < -0.4 is 10.2 Å². The molecule has 1 aliphatic rings. The molecule has 0 aliphatic carbocycles. The normalized spacial score (nSPS) is 16.4. The van der Waals surface area contributed by atoms with Crippen LogP contribution in [-0.4, -0.2) is 16.9 Å². The summed E-state index contributed by atoms with van der Waals surface area (Å²) in [6.45, 7) is 0. The SMILES string of the molecule is O=C1NC(=S)N(c2cccc(Cl)c2Cl)C(=O)/C1=C/c1ccccc1F. The fourth-order valence-corrected chi connectivity index (χ4v) is 2.94. The molecule has 0 saturated carbocycles. The summed E-state index contributed by atoms with van der Waals surface area (Å²) in [4.78, 5) is 26.0. The highest BCUT2D eigenvalue weighted by atomic mass is 35.5. The third-order valence-corrected chi connectivity index (χ3v) is 4.57. The molecule has 0 bridgehead atoms. The van der Waals surface area contributed by atoms with E-state index >= 15 is 0 Å². The molecule has 0 atom stereocenters. The topological polar surface area (TPSA) is 49.4 Å². The molecule has 0 radical (unpaired) electrons. The summed E-state index contributed by atoms with van der Waals surface area (Å²) in [5.41, 5.74) is 0.0595. The van der Waals surface area contributed by atoms with E-state index in [1.54, 1.807) is 18.2 Å². The van der Waals surface area contributed by atoms with Gasteiger partial charge in [0, 0.05) is 5.56 Å². The van der Waals surface area contributed by atoms with Crippen LogP contribution in [0, 0.1) is 5.82 Å². The first-order valence-electron chi connectivity index (χ1n) is 7.00. The molecule has 4 nitrogen and oxygen atoms in total. The van der Waals surface area contributed by atoms with Crippen molar-refractivity contribution >= 4 is 64.1 Å². The first-order chi connectivity index (χ1) is 11.9. The second kappa shape index (κ2) is 6.92. The Morgan fingerprint density at radius 2 is 1.80 bits per heavy atom. The van der Waals surface area contributed by atoms with Crippen LogP contribution in [0.2, 0.25) is 10.0 Å². The van der Waals surface area contributed by atoms with Crippen LogP contribution in [0.15, 0.2) is 48.0 Å². The highest BCUT2D eigenvalue weighted by Gasteiger charge is 2.35. The van der Waals surface area contributed by atoms with Crippen LogP contribution >= 0.6 is 35.4 Å². The number of halogens is 3. The lowest BCUT2D eigenvalue weighted by atomic mass is 10.1. The lowest BCUT2D eigenvalue weighted by Crippen LogP contribution is -2.54. The van der Waals surface area contributed by atoms with Gasteiger partial charge in [-0.3, -0.25) is 19.8 Å². The van der Waals surface area contributed by atoms with Crippen LogP contribution in [-0.2, 0) is 9.59 Å². The Kier molecular flexibility index (Phi) is 4.85. The van der Waals surface area contributed by atoms with E-state index in [1.807, 2.05) is 0 Å². The maximum absolute atomic E-state index is 13.8. The Balaban J connectivity index is 2.09. The zero-order valence-corrected chi connectivity index (χ0v) is 14.8. The van der Waals surface area contributed by atoms with Gasteiger partial charge < -0.3 is 0 Å². The van der Waals surface area contributed by atoms with Gasteiger partial charge in [0.05, 0.1) is 15.7 Å². The summed E-state index contributed by atoms with van der Waals surface area (Å²) >= 11 is 17.2. The van der Waals surface area contributed by atoms with Crippen molar-refractivity contribution in [3.63, 3.8) is 0 Å². The minimum absolute atomic E-state index is 0.103. The van der Waals surface area contributed by atoms with E-state index in [2.05, 4.69) is 5.32 Å². The van der Waals surface area contributed by atoms with Gasteiger partial charge in [0.15, 0.2) is 5.11 Å². The quantitative estimate of drug-likeness (QED) is 0.476. The summed E-state index contributed by atoms with van der Waals surface area (Å²) in [5, 5.41) is 2.61. The minimum Gasteiger partial charge on any atom is -0.298 e. The van der Waals surface area contributed by atoms with E-state index in [0.717, 1.165) is 4.90 Å². The van der Waals surface area contributed by atoms with Gasteiger partial charge in [0.2, 0.25) is 0 Å². The van der Waals surface area contributed by atoms with E-state index in [0.29, 0.717) is 0 Å². The van der Waals surface area contributed by atoms with Crippen molar-refractivity contribution in [1.29, 1.82) is 0 Å². The monoisotopic (exact) mass is 394 g/mol. The third kappa shape index (κ3) is 3.28. The third-order valence-electron chi connectivity index (χ3n) is 3.48. The number of amides is 2. The van der Waals surface area contributed by atoms with Gasteiger partial charge >= 0.3 is 0 Å². The molecule has 0 spiro atoms. The number of anilines is 1. The molecule has 1 saturated heterocycles. The number of hydrogen-bond donors (Lipinski definition) is 1. The predicted molar refractivity (Wildman–Crippen MR) is 99.1 cm³/mol. The first kappa shape index (κ1) is 17.5. The highest BCUT2D eigenvalue weighted by molar-refractivity contribution is 7.80. The number of carbonyl (C=O) groups is 2. The van der Waals surface area contributed by atoms with Crippen molar-refractivity contribution in [1.82, 2.24) is 5.32 Å². The zero-order chi connectivity index (χ0) is 18.1. The Hall–Kier alpha value is -2.28. The molecular formula is C17H9Cl2FN2O2S. The van der Waals surface area contributed by atoms with Gasteiger partial charge in [-0.25, -0.2) is 4.39 Å². The van der Waals surface area contributed by atoms with Crippen LogP contribution in [0.1, 0.15) is 5.56 Å². The van der Waals surface area contributed by atoms with E-state index < -0.39 is 17.6 Å². The van der Waals surface area contributed by atoms with Crippen LogP contribution in [0.5, 0.6) is 0 Å². The average Bonchev–Trinajstić information content (AvgIpc) is 2.56. The molecule has 2 aromatic carbocycles. The maximum Gasteiger partial charge on any atom is 0.270 e. The molecule has 2 aromatic rings. The number of rotatable bonds is 2. The Morgan fingerprint density at radius 3 is 2.52 bits per heavy atom. The second-order valence-electron chi connectivity index (χ2n) is 5.05. The number of carbonyl (C=O) groups excluding carboxylic acids is 2. The molecular weight excluding hydrogens is 386 g/mol. The highest BCUT2D eigenvalue weighted by Crippen LogP contribution is 2.34. The van der Waals surface area contributed by atoms with Gasteiger partial charge in [0.1, 0.15) is 11.4 Å². The number of benzene rings is 2. The van der Waals surface area contributed by atoms with Gasteiger partial charge in [-0.1, -0.05) is 47.5 Å². The molecule has 1 aliphatic heterocycles. The predicted octanol–water partition coefficient (Wildman–Crippen LogP) is 3.96. The summed E-state index contributed by atoms with van der Waals surface area (Å²) in [6.07, 6.45) is 1.17. The summed E-state index contributed by atoms with van der Waals surface area (Å²) in [7, 11) is 0. The second-order valence-corrected chi connectivity index (χ2v) is 6.22. The fraction of sp³-hybridized carbons (Fsp3) is 0. The smallest absolute Gasteiger partial charge is 0.270 e. The standard InChI is InChI=1S/C17H9Cl2FN2O2S/c18-11-5-3-7-13(14(11)19)22-16(24)10(15(23)21-17(22)25)8-9-4-1-2-6-12(9)20/h1-8H,(H,21,23,25)/b10-8+. The Bertz CT molecular complexity index is 946. The average molecular weight is 395 g/mol. The van der Waals surface area contributed by atoms with Gasteiger partial charge in [-0.15, -0.1) is 0 Å². The minimum atomic E-state index is -0.721. The molecule has 0 unspecified atom stereocenters. The molecule has 2 amide bonds. The molecule has 3 rings (SSSR count). The van der Waals surface area contributed by atoms with Gasteiger partial charge in [0.25, 0.3) is 11.8 Å². The van der Waals surface area contributed by atoms with E-state index in [-0.39, 0.29) is 32.0 Å². The summed E-state index contributed by atoms with van der Waals surface area (Å²) < 4.78 is 13.8. The van der Waals surface area contributed by atoms with Crippen molar-refractivity contribution < 1.29 is 14.0 Å². The number of nitrogens with zero attached hydrogens (tertiary/aromatic N) is 1. The molecule has 1 fully saturated rings. The van der Waals surface area contributed by atoms with Crippen molar-refractivity contribution in [2.45, 2.75) is 0 Å². The van der Waals surface area contributed by atoms with Crippen LogP contribution in [0.3, 0.4) is 0 Å². The molecule has 126 valence electrons. The number of thiocarbonyl (C=S) groups is 1. The lowest BCUT2D eigenvalue weighted by molar-refractivity contribution is -0.122. The zero-order valence-electron chi connectivity index (χ0n) is 12.4. The van der Waals surface area contributed by atoms with Crippen molar-refractivity contribution in [2.75, 3.05) is 4.90 Å². The largest absolute Gasteiger partial charge is 0.298 e. The lowest BCUT2D eigenvalue weighted by Gasteiger charge is -2.29. The van der Waals surface area contributed by atoms with Gasteiger partial charge in [-0.05, 0) is 36.5 Å². The number of hydrogen-bond acceptors (Lipinski definition) is 3. The van der Waals surface area contributed by atoms with Crippen LogP contribution in [0.4, 0.5) is 10.1 Å². The number of nitrogens with one attached hydrogen (secondary N) is 1. The molecule has 0 aromatic heterocycles. The summed E-state index contributed by atoms with van der Waals surface area (Å²) in [6, 6.07) is 10.5. The van der Waals surface area contributed by atoms with Crippen LogP contribution in [0.25, 0.3) is 6.08 Å². The fourth-order valence-electron chi connectivity index (χ4n) is 2.29. The Morgan fingerprint density at radius 1 is 1.08 bits per heavy atom. The van der Waals surface area contributed by atoms with E-state index in [4.69, 9.17) is 35.4 Å². The Labute approximate surface area is 157 Å². The van der Waals surface area contributed by atoms with E-state index in [9.17, 15) is 14.0 Å². The molecule has 1 N–H and O–H groups in total. The molecule has 25 heavy (non-hydrogen) atoms. The van der Waals surface area contributed by atoms with Crippen molar-refractivity contribution in [3.05, 3.63) is 69.5 Å². The van der Waals surface area contributed by atoms with Crippen molar-refractivity contribution in [3.8, 4) is 0 Å². The van der Waals surface area contributed by atoms with Gasteiger partial charge in [-0.2, -0.15) is 0 Å². The maximum atomic E-state index is 13.8. The van der Waals surface area contributed by atoms with E-state index in [1.165, 1.54) is 30.3 Å². The molecule has 1 heterocycles. The summed E-state index contributed by atoms with van der Waals surface area (Å²) in [5.74, 6) is -2.00. The first-order valence-corrected chi connectivity index (χ1v) is 8.16. The molecule has 8 heteroatoms.